The van der Waals surface area contributed by atoms with Crippen molar-refractivity contribution >= 4 is 11.6 Å². The van der Waals surface area contributed by atoms with Crippen molar-refractivity contribution in [3.05, 3.63) is 30.1 Å². The number of rotatable bonds is 7. The number of hydrogen-bond donors (Lipinski definition) is 2. The highest BCUT2D eigenvalue weighted by atomic mass is 19.1. The van der Waals surface area contributed by atoms with Gasteiger partial charge in [-0.05, 0) is 51.1 Å². The highest BCUT2D eigenvalue weighted by Gasteiger charge is 2.20. The number of nitrogens with zero attached hydrogens (tertiary/aromatic N) is 1. The second kappa shape index (κ2) is 7.74. The van der Waals surface area contributed by atoms with E-state index in [4.69, 9.17) is 5.73 Å². The smallest absolute Gasteiger partial charge is 0.242 e. The zero-order valence-corrected chi connectivity index (χ0v) is 11.5. The molecule has 0 spiro atoms. The summed E-state index contributed by atoms with van der Waals surface area (Å²) in [6, 6.07) is 5.85. The Morgan fingerprint density at radius 1 is 1.42 bits per heavy atom. The number of amides is 1. The number of nitrogens with one attached hydrogen (secondary N) is 1. The first-order valence-corrected chi connectivity index (χ1v) is 6.60. The van der Waals surface area contributed by atoms with Crippen LogP contribution in [0.4, 0.5) is 10.1 Å². The minimum absolute atomic E-state index is 0.0381. The van der Waals surface area contributed by atoms with E-state index in [1.165, 1.54) is 12.1 Å². The molecule has 5 heteroatoms. The van der Waals surface area contributed by atoms with Crippen molar-refractivity contribution in [3.8, 4) is 0 Å². The van der Waals surface area contributed by atoms with Crippen molar-refractivity contribution in [3.63, 3.8) is 0 Å². The fourth-order valence-electron chi connectivity index (χ4n) is 1.90. The van der Waals surface area contributed by atoms with E-state index < -0.39 is 0 Å². The summed E-state index contributed by atoms with van der Waals surface area (Å²) in [6.45, 7) is 5.54. The Kier molecular flexibility index (Phi) is 6.29. The van der Waals surface area contributed by atoms with Gasteiger partial charge >= 0.3 is 0 Å². The molecule has 0 aliphatic rings. The molecule has 0 heterocycles. The van der Waals surface area contributed by atoms with Gasteiger partial charge in [0.15, 0.2) is 0 Å². The lowest BCUT2D eigenvalue weighted by molar-refractivity contribution is -0.121. The highest BCUT2D eigenvalue weighted by molar-refractivity contribution is 5.84. The molecule has 3 N–H and O–H groups in total. The fraction of sp³-hybridized carbons (Fsp3) is 0.500. The van der Waals surface area contributed by atoms with E-state index in [2.05, 4.69) is 5.32 Å². The maximum Gasteiger partial charge on any atom is 0.242 e. The fourth-order valence-corrected chi connectivity index (χ4v) is 1.90. The van der Waals surface area contributed by atoms with Crippen LogP contribution >= 0.6 is 0 Å². The van der Waals surface area contributed by atoms with Crippen LogP contribution in [0.2, 0.25) is 0 Å². The molecule has 0 bridgehead atoms. The first kappa shape index (κ1) is 15.4. The van der Waals surface area contributed by atoms with Crippen molar-refractivity contribution in [1.82, 2.24) is 5.32 Å². The van der Waals surface area contributed by atoms with Crippen molar-refractivity contribution in [1.29, 1.82) is 0 Å². The maximum atomic E-state index is 13.0. The Balaban J connectivity index is 2.87. The van der Waals surface area contributed by atoms with Crippen LogP contribution < -0.4 is 16.0 Å². The van der Waals surface area contributed by atoms with Crippen LogP contribution in [0.25, 0.3) is 0 Å². The highest BCUT2D eigenvalue weighted by Crippen LogP contribution is 2.18. The van der Waals surface area contributed by atoms with E-state index in [0.29, 0.717) is 19.6 Å². The Morgan fingerprint density at radius 2 is 2.05 bits per heavy atom. The normalized spacial score (nSPS) is 12.0. The first-order valence-electron chi connectivity index (χ1n) is 6.60. The van der Waals surface area contributed by atoms with Crippen LogP contribution in [0.1, 0.15) is 20.3 Å². The quantitative estimate of drug-likeness (QED) is 0.787. The van der Waals surface area contributed by atoms with Gasteiger partial charge in [-0.3, -0.25) is 4.79 Å². The summed E-state index contributed by atoms with van der Waals surface area (Å²) >= 11 is 0. The largest absolute Gasteiger partial charge is 0.360 e. The molecule has 0 aliphatic heterocycles. The van der Waals surface area contributed by atoms with Gasteiger partial charge in [-0.25, -0.2) is 4.39 Å². The van der Waals surface area contributed by atoms with Gasteiger partial charge in [0.05, 0.1) is 0 Å². The zero-order valence-electron chi connectivity index (χ0n) is 11.5. The predicted molar refractivity (Wildman–Crippen MR) is 75.6 cm³/mol. The van der Waals surface area contributed by atoms with E-state index in [1.54, 1.807) is 12.1 Å². The second-order valence-corrected chi connectivity index (χ2v) is 4.38. The third-order valence-electron chi connectivity index (χ3n) is 2.96. The number of anilines is 1. The summed E-state index contributed by atoms with van der Waals surface area (Å²) < 4.78 is 13.0. The molecule has 0 aromatic heterocycles. The number of halogens is 1. The SMILES string of the molecule is CCNC(=O)C(C)N(CCCN)c1ccc(F)cc1. The van der Waals surface area contributed by atoms with E-state index in [0.717, 1.165) is 12.1 Å². The lowest BCUT2D eigenvalue weighted by Crippen LogP contribution is -2.46. The van der Waals surface area contributed by atoms with Crippen LogP contribution in [0, 0.1) is 5.82 Å². The minimum atomic E-state index is -0.308. The van der Waals surface area contributed by atoms with Crippen LogP contribution in [0.3, 0.4) is 0 Å². The van der Waals surface area contributed by atoms with Gasteiger partial charge in [-0.2, -0.15) is 0 Å². The molecule has 106 valence electrons. The molecule has 1 aromatic carbocycles. The number of carbonyl (C=O) groups is 1. The molecule has 4 nitrogen and oxygen atoms in total. The van der Waals surface area contributed by atoms with Crippen LogP contribution in [-0.4, -0.2) is 31.6 Å². The molecule has 0 fully saturated rings. The molecule has 0 radical (unpaired) electrons. The Hall–Kier alpha value is -1.62. The third-order valence-corrected chi connectivity index (χ3v) is 2.96. The van der Waals surface area contributed by atoms with Crippen molar-refractivity contribution < 1.29 is 9.18 Å². The summed E-state index contributed by atoms with van der Waals surface area (Å²) in [4.78, 5) is 13.9. The molecule has 1 atom stereocenters. The Morgan fingerprint density at radius 3 is 2.58 bits per heavy atom. The average Bonchev–Trinajstić information content (AvgIpc) is 2.41. The summed E-state index contributed by atoms with van der Waals surface area (Å²) in [5, 5.41) is 2.80. The van der Waals surface area contributed by atoms with Gasteiger partial charge in [0.1, 0.15) is 11.9 Å². The summed E-state index contributed by atoms with van der Waals surface area (Å²) in [7, 11) is 0. The standard InChI is InChI=1S/C14H22FN3O/c1-3-17-14(19)11(2)18(10-4-9-16)13-7-5-12(15)6-8-13/h5-8,11H,3-4,9-10,16H2,1-2H3,(H,17,19). The molecule has 0 aliphatic carbocycles. The van der Waals surface area contributed by atoms with Gasteiger partial charge in [-0.15, -0.1) is 0 Å². The zero-order chi connectivity index (χ0) is 14.3. The Bertz CT molecular complexity index is 394. The summed E-state index contributed by atoms with van der Waals surface area (Å²) in [6.07, 6.45) is 0.779. The third kappa shape index (κ3) is 4.52. The van der Waals surface area contributed by atoms with Gasteiger partial charge in [-0.1, -0.05) is 0 Å². The monoisotopic (exact) mass is 267 g/mol. The molecule has 19 heavy (non-hydrogen) atoms. The summed E-state index contributed by atoms with van der Waals surface area (Å²) in [5.41, 5.74) is 6.35. The maximum absolute atomic E-state index is 13.0. The first-order chi connectivity index (χ1) is 9.10. The lowest BCUT2D eigenvalue weighted by atomic mass is 10.2. The summed E-state index contributed by atoms with van der Waals surface area (Å²) in [5.74, 6) is -0.322. The van der Waals surface area contributed by atoms with E-state index in [9.17, 15) is 9.18 Å². The molecule has 0 saturated carbocycles. The second-order valence-electron chi connectivity index (χ2n) is 4.38. The molecular formula is C14H22FN3O. The van der Waals surface area contributed by atoms with Crippen LogP contribution in [-0.2, 0) is 4.79 Å². The van der Waals surface area contributed by atoms with Gasteiger partial charge in [0.2, 0.25) is 5.91 Å². The molecule has 1 aromatic rings. The van der Waals surface area contributed by atoms with Crippen molar-refractivity contribution in [2.75, 3.05) is 24.5 Å². The predicted octanol–water partition coefficient (Wildman–Crippen LogP) is 1.51. The van der Waals surface area contributed by atoms with E-state index in [-0.39, 0.29) is 17.8 Å². The average molecular weight is 267 g/mol. The van der Waals surface area contributed by atoms with Crippen LogP contribution in [0.15, 0.2) is 24.3 Å². The van der Waals surface area contributed by atoms with E-state index in [1.807, 2.05) is 18.7 Å². The Labute approximate surface area is 113 Å². The van der Waals surface area contributed by atoms with E-state index >= 15 is 0 Å². The van der Waals surface area contributed by atoms with Gasteiger partial charge in [0.25, 0.3) is 0 Å². The molecular weight excluding hydrogens is 245 g/mol. The number of likely N-dealkylation sites (N-methyl/N-ethyl adjacent to an activating group) is 1. The number of hydrogen-bond acceptors (Lipinski definition) is 3. The number of carbonyl (C=O) groups excluding carboxylic acids is 1. The number of nitrogens with two attached hydrogens (primary N) is 1. The molecule has 1 amide bonds. The van der Waals surface area contributed by atoms with Crippen molar-refractivity contribution in [2.24, 2.45) is 5.73 Å². The van der Waals surface area contributed by atoms with Gasteiger partial charge in [0, 0.05) is 18.8 Å². The number of benzene rings is 1. The van der Waals surface area contributed by atoms with Crippen molar-refractivity contribution in [2.45, 2.75) is 26.3 Å². The molecule has 0 saturated heterocycles. The minimum Gasteiger partial charge on any atom is -0.360 e. The van der Waals surface area contributed by atoms with Crippen LogP contribution in [0.5, 0.6) is 0 Å². The topological polar surface area (TPSA) is 58.4 Å². The lowest BCUT2D eigenvalue weighted by Gasteiger charge is -2.30. The molecule has 1 unspecified atom stereocenters. The molecule has 1 rings (SSSR count). The van der Waals surface area contributed by atoms with Gasteiger partial charge < -0.3 is 16.0 Å².